The number of ether oxygens (including phenoxy) is 1. The number of rotatable bonds is 2. The molecule has 2 rings (SSSR count). The molecule has 0 saturated carbocycles. The molecule has 2 nitrogen and oxygen atoms in total. The third-order valence-corrected chi connectivity index (χ3v) is 2.97. The van der Waals surface area contributed by atoms with Crippen LogP contribution in [0.15, 0.2) is 24.3 Å². The van der Waals surface area contributed by atoms with E-state index in [1.807, 2.05) is 6.07 Å². The van der Waals surface area contributed by atoms with Gasteiger partial charge in [0, 0.05) is 6.61 Å². The molecule has 1 aromatic rings. The lowest BCUT2D eigenvalue weighted by Gasteiger charge is -2.18. The van der Waals surface area contributed by atoms with Gasteiger partial charge in [-0.3, -0.25) is 0 Å². The molecule has 0 aromatic heterocycles. The zero-order valence-electron chi connectivity index (χ0n) is 8.99. The molecule has 0 radical (unpaired) electrons. The third-order valence-electron chi connectivity index (χ3n) is 2.97. The molecule has 1 fully saturated rings. The van der Waals surface area contributed by atoms with Crippen LogP contribution in [-0.2, 0) is 11.2 Å². The number of aryl methyl sites for hydroxylation is 1. The highest BCUT2D eigenvalue weighted by Crippen LogP contribution is 2.31. The van der Waals surface area contributed by atoms with Crippen LogP contribution in [-0.4, -0.2) is 13.2 Å². The molecule has 1 aliphatic heterocycles. The van der Waals surface area contributed by atoms with Crippen molar-refractivity contribution < 1.29 is 4.74 Å². The lowest BCUT2D eigenvalue weighted by Crippen LogP contribution is -2.21. The Morgan fingerprint density at radius 1 is 1.53 bits per heavy atom. The number of nitriles is 1. The van der Waals surface area contributed by atoms with E-state index in [1.54, 1.807) is 0 Å². The highest BCUT2D eigenvalue weighted by molar-refractivity contribution is 5.25. The fourth-order valence-corrected chi connectivity index (χ4v) is 2.09. The Balaban J connectivity index is 2.17. The van der Waals surface area contributed by atoms with Crippen LogP contribution < -0.4 is 0 Å². The summed E-state index contributed by atoms with van der Waals surface area (Å²) in [5.41, 5.74) is 2.20. The van der Waals surface area contributed by atoms with Crippen LogP contribution in [0.2, 0.25) is 0 Å². The van der Waals surface area contributed by atoms with Crippen molar-refractivity contribution >= 4 is 0 Å². The van der Waals surface area contributed by atoms with E-state index in [0.717, 1.165) is 19.4 Å². The molecule has 0 amide bonds. The second-order valence-corrected chi connectivity index (χ2v) is 4.36. The Morgan fingerprint density at radius 2 is 2.40 bits per heavy atom. The molecule has 0 bridgehead atoms. The Hall–Kier alpha value is -1.33. The standard InChI is InChI=1S/C13H15NO/c1-11-3-2-4-12(7-11)8-13(9-14)5-6-15-10-13/h2-4,7H,5-6,8,10H2,1H3. The molecular weight excluding hydrogens is 186 g/mol. The molecule has 2 heteroatoms. The molecule has 78 valence electrons. The number of hydrogen-bond acceptors (Lipinski definition) is 2. The van der Waals surface area contributed by atoms with E-state index in [0.29, 0.717) is 6.61 Å². The Labute approximate surface area is 90.5 Å². The quantitative estimate of drug-likeness (QED) is 0.736. The summed E-state index contributed by atoms with van der Waals surface area (Å²) in [6.45, 7) is 3.38. The maximum absolute atomic E-state index is 9.22. The average molecular weight is 201 g/mol. The Morgan fingerprint density at radius 3 is 3.00 bits per heavy atom. The minimum atomic E-state index is -0.284. The van der Waals surface area contributed by atoms with Crippen molar-refractivity contribution in [2.75, 3.05) is 13.2 Å². The first-order chi connectivity index (χ1) is 7.24. The lowest BCUT2D eigenvalue weighted by atomic mass is 9.82. The van der Waals surface area contributed by atoms with Crippen LogP contribution in [0.1, 0.15) is 17.5 Å². The van der Waals surface area contributed by atoms with E-state index in [4.69, 9.17) is 4.74 Å². The van der Waals surface area contributed by atoms with Crippen LogP contribution in [0.4, 0.5) is 0 Å². The van der Waals surface area contributed by atoms with Gasteiger partial charge in [0.25, 0.3) is 0 Å². The number of hydrogen-bond donors (Lipinski definition) is 0. The number of nitrogens with zero attached hydrogens (tertiary/aromatic N) is 1. The average Bonchev–Trinajstić information content (AvgIpc) is 2.67. The summed E-state index contributed by atoms with van der Waals surface area (Å²) < 4.78 is 5.33. The molecule has 1 atom stereocenters. The molecule has 15 heavy (non-hydrogen) atoms. The van der Waals surface area contributed by atoms with Gasteiger partial charge in [0.2, 0.25) is 0 Å². The van der Waals surface area contributed by atoms with Crippen LogP contribution >= 0.6 is 0 Å². The van der Waals surface area contributed by atoms with Crippen molar-refractivity contribution in [1.82, 2.24) is 0 Å². The minimum absolute atomic E-state index is 0.284. The van der Waals surface area contributed by atoms with E-state index in [1.165, 1.54) is 11.1 Å². The van der Waals surface area contributed by atoms with Gasteiger partial charge in [0.1, 0.15) is 0 Å². The maximum Gasteiger partial charge on any atom is 0.0868 e. The van der Waals surface area contributed by atoms with E-state index in [-0.39, 0.29) is 5.41 Å². The van der Waals surface area contributed by atoms with Crippen LogP contribution in [0.3, 0.4) is 0 Å². The highest BCUT2D eigenvalue weighted by atomic mass is 16.5. The predicted octanol–water partition coefficient (Wildman–Crippen LogP) is 2.47. The molecule has 1 unspecified atom stereocenters. The Kier molecular flexibility index (Phi) is 2.75. The first kappa shape index (κ1) is 10.2. The van der Waals surface area contributed by atoms with Crippen molar-refractivity contribution in [2.45, 2.75) is 19.8 Å². The minimum Gasteiger partial charge on any atom is -0.380 e. The van der Waals surface area contributed by atoms with E-state index < -0.39 is 0 Å². The van der Waals surface area contributed by atoms with E-state index in [2.05, 4.69) is 31.2 Å². The smallest absolute Gasteiger partial charge is 0.0868 e. The third kappa shape index (κ3) is 2.19. The summed E-state index contributed by atoms with van der Waals surface area (Å²) >= 11 is 0. The van der Waals surface area contributed by atoms with Gasteiger partial charge in [-0.2, -0.15) is 5.26 Å². The molecule has 1 saturated heterocycles. The zero-order chi connectivity index (χ0) is 10.7. The second-order valence-electron chi connectivity index (χ2n) is 4.36. The van der Waals surface area contributed by atoms with Gasteiger partial charge >= 0.3 is 0 Å². The van der Waals surface area contributed by atoms with Gasteiger partial charge in [-0.05, 0) is 25.3 Å². The molecule has 0 N–H and O–H groups in total. The van der Waals surface area contributed by atoms with Crippen molar-refractivity contribution in [3.05, 3.63) is 35.4 Å². The van der Waals surface area contributed by atoms with Crippen molar-refractivity contribution in [3.8, 4) is 6.07 Å². The SMILES string of the molecule is Cc1cccc(CC2(C#N)CCOC2)c1. The van der Waals surface area contributed by atoms with Crippen molar-refractivity contribution in [1.29, 1.82) is 5.26 Å². The summed E-state index contributed by atoms with van der Waals surface area (Å²) in [7, 11) is 0. The highest BCUT2D eigenvalue weighted by Gasteiger charge is 2.35. The van der Waals surface area contributed by atoms with Gasteiger partial charge < -0.3 is 4.74 Å². The van der Waals surface area contributed by atoms with Gasteiger partial charge in [0.05, 0.1) is 18.1 Å². The first-order valence-corrected chi connectivity index (χ1v) is 5.29. The molecular formula is C13H15NO. The van der Waals surface area contributed by atoms with E-state index >= 15 is 0 Å². The van der Waals surface area contributed by atoms with Gasteiger partial charge in [0.15, 0.2) is 0 Å². The summed E-state index contributed by atoms with van der Waals surface area (Å²) in [6.07, 6.45) is 1.67. The zero-order valence-corrected chi connectivity index (χ0v) is 8.99. The summed E-state index contributed by atoms with van der Waals surface area (Å²) in [5.74, 6) is 0. The van der Waals surface area contributed by atoms with Crippen LogP contribution in [0, 0.1) is 23.7 Å². The van der Waals surface area contributed by atoms with Crippen molar-refractivity contribution in [2.24, 2.45) is 5.41 Å². The normalized spacial score (nSPS) is 25.1. The monoisotopic (exact) mass is 201 g/mol. The molecule has 1 aromatic carbocycles. The summed E-state index contributed by atoms with van der Waals surface area (Å²) in [6, 6.07) is 10.8. The molecule has 0 aliphatic carbocycles. The summed E-state index contributed by atoms with van der Waals surface area (Å²) in [5, 5.41) is 9.22. The Bertz CT molecular complexity index is 386. The van der Waals surface area contributed by atoms with Gasteiger partial charge in [-0.1, -0.05) is 29.8 Å². The van der Waals surface area contributed by atoms with Gasteiger partial charge in [-0.15, -0.1) is 0 Å². The van der Waals surface area contributed by atoms with Gasteiger partial charge in [-0.25, -0.2) is 0 Å². The molecule has 1 heterocycles. The largest absolute Gasteiger partial charge is 0.380 e. The van der Waals surface area contributed by atoms with Crippen LogP contribution in [0.25, 0.3) is 0 Å². The number of benzene rings is 1. The fraction of sp³-hybridized carbons (Fsp3) is 0.462. The maximum atomic E-state index is 9.22. The summed E-state index contributed by atoms with van der Waals surface area (Å²) in [4.78, 5) is 0. The van der Waals surface area contributed by atoms with E-state index in [9.17, 15) is 5.26 Å². The lowest BCUT2D eigenvalue weighted by molar-refractivity contribution is 0.171. The predicted molar refractivity (Wildman–Crippen MR) is 58.4 cm³/mol. The van der Waals surface area contributed by atoms with Crippen molar-refractivity contribution in [3.63, 3.8) is 0 Å². The topological polar surface area (TPSA) is 33.0 Å². The van der Waals surface area contributed by atoms with Crippen LogP contribution in [0.5, 0.6) is 0 Å². The molecule has 0 spiro atoms. The first-order valence-electron chi connectivity index (χ1n) is 5.29. The fourth-order valence-electron chi connectivity index (χ4n) is 2.09. The molecule has 1 aliphatic rings. The second kappa shape index (κ2) is 4.04.